The number of nitrogens with one attached hydrogen (secondary N) is 1. The van der Waals surface area contributed by atoms with E-state index in [-0.39, 0.29) is 24.0 Å². The van der Waals surface area contributed by atoms with Crippen LogP contribution in [-0.4, -0.2) is 11.0 Å². The summed E-state index contributed by atoms with van der Waals surface area (Å²) in [6.07, 6.45) is 0. The van der Waals surface area contributed by atoms with Gasteiger partial charge in [-0.2, -0.15) is 0 Å². The molecule has 2 N–H and O–H groups in total. The molecule has 0 radical (unpaired) electrons. The number of amides is 1. The van der Waals surface area contributed by atoms with E-state index in [4.69, 9.17) is 0 Å². The van der Waals surface area contributed by atoms with Crippen LogP contribution < -0.4 is 5.32 Å². The van der Waals surface area contributed by atoms with Gasteiger partial charge in [0.15, 0.2) is 0 Å². The number of hydrogen-bond donors (Lipinski definition) is 2. The Morgan fingerprint density at radius 1 is 1.26 bits per heavy atom. The van der Waals surface area contributed by atoms with E-state index in [9.17, 15) is 14.3 Å². The van der Waals surface area contributed by atoms with E-state index in [2.05, 4.69) is 5.32 Å². The lowest BCUT2D eigenvalue weighted by molar-refractivity contribution is 0.0950. The number of phenols is 1. The highest BCUT2D eigenvalue weighted by atomic mass is 19.1. The van der Waals surface area contributed by atoms with Crippen molar-refractivity contribution < 1.29 is 14.3 Å². The van der Waals surface area contributed by atoms with Crippen molar-refractivity contribution in [3.8, 4) is 5.75 Å². The Labute approximate surface area is 110 Å². The zero-order valence-electron chi connectivity index (χ0n) is 10.5. The lowest BCUT2D eigenvalue weighted by atomic mass is 10.1. The van der Waals surface area contributed by atoms with Crippen LogP contribution in [0.2, 0.25) is 0 Å². The molecule has 0 heterocycles. The molecule has 2 aromatic carbocycles. The summed E-state index contributed by atoms with van der Waals surface area (Å²) in [7, 11) is 0. The van der Waals surface area contributed by atoms with Gasteiger partial charge in [-0.15, -0.1) is 0 Å². The van der Waals surface area contributed by atoms with Gasteiger partial charge in [-0.05, 0) is 36.8 Å². The van der Waals surface area contributed by atoms with Crippen molar-refractivity contribution in [3.05, 3.63) is 65.0 Å². The number of carbonyl (C=O) groups is 1. The van der Waals surface area contributed by atoms with Gasteiger partial charge in [-0.1, -0.05) is 18.2 Å². The predicted octanol–water partition coefficient (Wildman–Crippen LogP) is 2.77. The van der Waals surface area contributed by atoms with Gasteiger partial charge in [-0.3, -0.25) is 4.79 Å². The Morgan fingerprint density at radius 2 is 2.00 bits per heavy atom. The van der Waals surface area contributed by atoms with Crippen LogP contribution >= 0.6 is 0 Å². The average molecular weight is 259 g/mol. The number of carbonyl (C=O) groups excluding carboxylic acids is 1. The Morgan fingerprint density at radius 3 is 2.68 bits per heavy atom. The average Bonchev–Trinajstić information content (AvgIpc) is 2.37. The maximum absolute atomic E-state index is 12.9. The first-order valence-corrected chi connectivity index (χ1v) is 5.89. The minimum absolute atomic E-state index is 0.138. The van der Waals surface area contributed by atoms with Gasteiger partial charge in [0, 0.05) is 17.7 Å². The molecule has 0 spiro atoms. The lowest BCUT2D eigenvalue weighted by Gasteiger charge is -2.08. The second-order valence-electron chi connectivity index (χ2n) is 4.27. The normalized spacial score (nSPS) is 10.2. The molecule has 19 heavy (non-hydrogen) atoms. The maximum Gasteiger partial charge on any atom is 0.251 e. The fourth-order valence-electron chi connectivity index (χ4n) is 1.81. The number of para-hydroxylation sites is 1. The Kier molecular flexibility index (Phi) is 3.80. The molecule has 2 aromatic rings. The first kappa shape index (κ1) is 13.1. The van der Waals surface area contributed by atoms with E-state index >= 15 is 0 Å². The number of benzene rings is 2. The van der Waals surface area contributed by atoms with Crippen LogP contribution in [0.1, 0.15) is 21.5 Å². The molecular weight excluding hydrogens is 245 g/mol. The van der Waals surface area contributed by atoms with Gasteiger partial charge in [0.25, 0.3) is 5.91 Å². The fourth-order valence-corrected chi connectivity index (χ4v) is 1.81. The summed E-state index contributed by atoms with van der Waals surface area (Å²) in [4.78, 5) is 11.9. The molecule has 3 nitrogen and oxygen atoms in total. The molecule has 0 bridgehead atoms. The van der Waals surface area contributed by atoms with E-state index in [1.54, 1.807) is 31.2 Å². The van der Waals surface area contributed by atoms with Crippen LogP contribution in [0.25, 0.3) is 0 Å². The molecule has 4 heteroatoms. The maximum atomic E-state index is 12.9. The Balaban J connectivity index is 2.08. The second-order valence-corrected chi connectivity index (χ2v) is 4.27. The fraction of sp³-hybridized carbons (Fsp3) is 0.133. The minimum atomic E-state index is -0.366. The second kappa shape index (κ2) is 5.52. The molecule has 1 amide bonds. The van der Waals surface area contributed by atoms with Gasteiger partial charge < -0.3 is 10.4 Å². The van der Waals surface area contributed by atoms with Crippen LogP contribution in [0.4, 0.5) is 4.39 Å². The molecule has 0 saturated heterocycles. The van der Waals surface area contributed by atoms with E-state index in [1.165, 1.54) is 18.2 Å². The van der Waals surface area contributed by atoms with Crippen LogP contribution in [0.15, 0.2) is 42.5 Å². The van der Waals surface area contributed by atoms with Gasteiger partial charge in [0.1, 0.15) is 11.6 Å². The molecule has 0 aliphatic heterocycles. The molecule has 0 unspecified atom stereocenters. The van der Waals surface area contributed by atoms with Crippen molar-refractivity contribution in [1.29, 1.82) is 0 Å². The molecule has 0 atom stereocenters. The number of aromatic hydroxyl groups is 1. The van der Waals surface area contributed by atoms with Crippen molar-refractivity contribution in [2.24, 2.45) is 0 Å². The summed E-state index contributed by atoms with van der Waals surface area (Å²) in [5.41, 5.74) is 1.64. The zero-order valence-corrected chi connectivity index (χ0v) is 10.5. The highest BCUT2D eigenvalue weighted by molar-refractivity contribution is 5.95. The van der Waals surface area contributed by atoms with Gasteiger partial charge >= 0.3 is 0 Å². The monoisotopic (exact) mass is 259 g/mol. The first-order chi connectivity index (χ1) is 9.08. The molecule has 0 saturated carbocycles. The summed E-state index contributed by atoms with van der Waals surface area (Å²) in [5.74, 6) is -0.519. The number of halogens is 1. The highest BCUT2D eigenvalue weighted by Gasteiger charge is 2.10. The number of rotatable bonds is 3. The third kappa shape index (κ3) is 3.10. The van der Waals surface area contributed by atoms with E-state index in [0.717, 1.165) is 0 Å². The molecule has 0 aliphatic rings. The van der Waals surface area contributed by atoms with Crippen molar-refractivity contribution in [1.82, 2.24) is 5.32 Å². The summed E-state index contributed by atoms with van der Waals surface area (Å²) < 4.78 is 12.9. The number of aryl methyl sites for hydroxylation is 1. The molecule has 0 fully saturated rings. The third-order valence-electron chi connectivity index (χ3n) is 2.86. The van der Waals surface area contributed by atoms with Crippen molar-refractivity contribution >= 4 is 5.91 Å². The highest BCUT2D eigenvalue weighted by Crippen LogP contribution is 2.15. The van der Waals surface area contributed by atoms with E-state index in [0.29, 0.717) is 16.7 Å². The predicted molar refractivity (Wildman–Crippen MR) is 70.4 cm³/mol. The molecule has 98 valence electrons. The molecule has 0 aromatic heterocycles. The van der Waals surface area contributed by atoms with Crippen LogP contribution in [-0.2, 0) is 6.54 Å². The van der Waals surface area contributed by atoms with Crippen LogP contribution in [0.5, 0.6) is 5.75 Å². The van der Waals surface area contributed by atoms with Crippen LogP contribution in [0.3, 0.4) is 0 Å². The number of hydrogen-bond acceptors (Lipinski definition) is 2. The lowest BCUT2D eigenvalue weighted by Crippen LogP contribution is -2.23. The van der Waals surface area contributed by atoms with Gasteiger partial charge in [-0.25, -0.2) is 4.39 Å². The molecular formula is C15H14FNO2. The quantitative estimate of drug-likeness (QED) is 0.890. The van der Waals surface area contributed by atoms with Crippen molar-refractivity contribution in [3.63, 3.8) is 0 Å². The Bertz CT molecular complexity index is 611. The van der Waals surface area contributed by atoms with Gasteiger partial charge in [0.2, 0.25) is 0 Å². The van der Waals surface area contributed by atoms with E-state index in [1.807, 2.05) is 0 Å². The topological polar surface area (TPSA) is 49.3 Å². The molecule has 2 rings (SSSR count). The Hall–Kier alpha value is -2.36. The molecule has 0 aliphatic carbocycles. The SMILES string of the molecule is Cc1cc(F)ccc1C(=O)NCc1ccccc1O. The number of phenolic OH excluding ortho intramolecular Hbond substituents is 1. The largest absolute Gasteiger partial charge is 0.508 e. The smallest absolute Gasteiger partial charge is 0.251 e. The van der Waals surface area contributed by atoms with Gasteiger partial charge in [0.05, 0.1) is 0 Å². The summed E-state index contributed by atoms with van der Waals surface area (Å²) in [6, 6.07) is 10.8. The van der Waals surface area contributed by atoms with Crippen molar-refractivity contribution in [2.45, 2.75) is 13.5 Å². The standard InChI is InChI=1S/C15H14FNO2/c1-10-8-12(16)6-7-13(10)15(19)17-9-11-4-2-3-5-14(11)18/h2-8,18H,9H2,1H3,(H,17,19). The summed E-state index contributed by atoms with van der Waals surface area (Å²) in [5, 5.41) is 12.3. The van der Waals surface area contributed by atoms with Crippen LogP contribution in [0, 0.1) is 12.7 Å². The van der Waals surface area contributed by atoms with E-state index < -0.39 is 0 Å². The third-order valence-corrected chi connectivity index (χ3v) is 2.86. The first-order valence-electron chi connectivity index (χ1n) is 5.89. The summed E-state index contributed by atoms with van der Waals surface area (Å²) in [6.45, 7) is 1.90. The zero-order chi connectivity index (χ0) is 13.8. The summed E-state index contributed by atoms with van der Waals surface area (Å²) >= 11 is 0. The minimum Gasteiger partial charge on any atom is -0.508 e. The van der Waals surface area contributed by atoms with Crippen molar-refractivity contribution in [2.75, 3.05) is 0 Å².